The van der Waals surface area contributed by atoms with Gasteiger partial charge in [0.2, 0.25) is 11.8 Å². The Labute approximate surface area is 153 Å². The van der Waals surface area contributed by atoms with Crippen molar-refractivity contribution in [2.45, 2.75) is 20.3 Å². The highest BCUT2D eigenvalue weighted by atomic mass is 16.2. The van der Waals surface area contributed by atoms with E-state index in [0.29, 0.717) is 12.1 Å². The van der Waals surface area contributed by atoms with E-state index in [1.165, 1.54) is 0 Å². The molecule has 0 aliphatic heterocycles. The number of benzene rings is 3. The monoisotopic (exact) mass is 346 g/mol. The lowest BCUT2D eigenvalue weighted by Gasteiger charge is -2.09. The first kappa shape index (κ1) is 17.7. The molecule has 132 valence electrons. The van der Waals surface area contributed by atoms with Crippen LogP contribution in [0.2, 0.25) is 0 Å². The summed E-state index contributed by atoms with van der Waals surface area (Å²) in [5, 5.41) is 8.01. The summed E-state index contributed by atoms with van der Waals surface area (Å²) in [6, 6.07) is 21.3. The van der Waals surface area contributed by atoms with Crippen LogP contribution in [0.15, 0.2) is 66.7 Å². The van der Waals surface area contributed by atoms with E-state index in [2.05, 4.69) is 16.7 Å². The highest BCUT2D eigenvalue weighted by Crippen LogP contribution is 2.17. The van der Waals surface area contributed by atoms with Crippen molar-refractivity contribution in [3.05, 3.63) is 72.3 Å². The number of fused-ring (bicyclic) bond motifs is 1. The van der Waals surface area contributed by atoms with Crippen molar-refractivity contribution in [1.82, 2.24) is 0 Å². The second-order valence-corrected chi connectivity index (χ2v) is 6.63. The van der Waals surface area contributed by atoms with Crippen LogP contribution in [0.1, 0.15) is 19.4 Å². The highest BCUT2D eigenvalue weighted by molar-refractivity contribution is 5.95. The molecule has 0 aliphatic carbocycles. The summed E-state index contributed by atoms with van der Waals surface area (Å²) in [7, 11) is 0. The van der Waals surface area contributed by atoms with Crippen LogP contribution in [0.25, 0.3) is 10.8 Å². The van der Waals surface area contributed by atoms with Gasteiger partial charge in [0.05, 0.1) is 6.42 Å². The van der Waals surface area contributed by atoms with E-state index in [4.69, 9.17) is 0 Å². The third-order valence-electron chi connectivity index (χ3n) is 4.14. The lowest BCUT2D eigenvalue weighted by Crippen LogP contribution is -2.18. The maximum Gasteiger partial charge on any atom is 0.228 e. The minimum absolute atomic E-state index is 0.0295. The third kappa shape index (κ3) is 4.48. The molecule has 0 spiro atoms. The van der Waals surface area contributed by atoms with Crippen LogP contribution < -0.4 is 10.6 Å². The van der Waals surface area contributed by atoms with E-state index in [1.54, 1.807) is 24.3 Å². The predicted octanol–water partition coefficient (Wildman–Crippen LogP) is 4.62. The van der Waals surface area contributed by atoms with Crippen LogP contribution in [-0.4, -0.2) is 11.8 Å². The number of carbonyl (C=O) groups is 2. The van der Waals surface area contributed by atoms with Gasteiger partial charge in [0.25, 0.3) is 0 Å². The van der Waals surface area contributed by atoms with Crippen molar-refractivity contribution in [1.29, 1.82) is 0 Å². The lowest BCUT2D eigenvalue weighted by molar-refractivity contribution is -0.119. The summed E-state index contributed by atoms with van der Waals surface area (Å²) in [5.74, 6) is -0.173. The Bertz CT molecular complexity index is 930. The average molecular weight is 346 g/mol. The smallest absolute Gasteiger partial charge is 0.228 e. The standard InChI is InChI=1S/C22H22N2O2/c1-15(2)22(26)24-20-11-9-19(10-12-20)23-21(25)14-16-7-8-17-5-3-4-6-18(17)13-16/h3-13,15H,14H2,1-2H3,(H,23,25)(H,24,26). The fourth-order valence-corrected chi connectivity index (χ4v) is 2.66. The zero-order valence-electron chi connectivity index (χ0n) is 15.0. The summed E-state index contributed by atoms with van der Waals surface area (Å²) in [6.45, 7) is 3.69. The number of carbonyl (C=O) groups excluding carboxylic acids is 2. The molecule has 4 nitrogen and oxygen atoms in total. The van der Waals surface area contributed by atoms with E-state index in [1.807, 2.05) is 50.2 Å². The number of rotatable bonds is 5. The van der Waals surface area contributed by atoms with Crippen molar-refractivity contribution in [3.8, 4) is 0 Å². The van der Waals surface area contributed by atoms with Gasteiger partial charge in [-0.25, -0.2) is 0 Å². The molecule has 0 bridgehead atoms. The van der Waals surface area contributed by atoms with Crippen LogP contribution in [0.5, 0.6) is 0 Å². The molecule has 3 aromatic carbocycles. The van der Waals surface area contributed by atoms with E-state index < -0.39 is 0 Å². The van der Waals surface area contributed by atoms with Crippen molar-refractivity contribution in [3.63, 3.8) is 0 Å². The minimum atomic E-state index is -0.0728. The molecule has 0 aromatic heterocycles. The summed E-state index contributed by atoms with van der Waals surface area (Å²) in [5.41, 5.74) is 2.40. The number of hydrogen-bond donors (Lipinski definition) is 2. The maximum absolute atomic E-state index is 12.3. The fraction of sp³-hybridized carbons (Fsp3) is 0.182. The van der Waals surface area contributed by atoms with Gasteiger partial charge in [-0.15, -0.1) is 0 Å². The van der Waals surface area contributed by atoms with Crippen molar-refractivity contribution < 1.29 is 9.59 Å². The third-order valence-corrected chi connectivity index (χ3v) is 4.14. The van der Waals surface area contributed by atoms with Gasteiger partial charge in [0.1, 0.15) is 0 Å². The van der Waals surface area contributed by atoms with Crippen LogP contribution in [-0.2, 0) is 16.0 Å². The van der Waals surface area contributed by atoms with E-state index in [9.17, 15) is 9.59 Å². The number of hydrogen-bond acceptors (Lipinski definition) is 2. The average Bonchev–Trinajstić information content (AvgIpc) is 2.63. The van der Waals surface area contributed by atoms with Crippen molar-refractivity contribution in [2.24, 2.45) is 5.92 Å². The van der Waals surface area contributed by atoms with Gasteiger partial charge in [0, 0.05) is 17.3 Å². The molecule has 0 fully saturated rings. The number of nitrogens with one attached hydrogen (secondary N) is 2. The van der Waals surface area contributed by atoms with Gasteiger partial charge in [-0.05, 0) is 40.6 Å². The lowest BCUT2D eigenvalue weighted by atomic mass is 10.0. The molecule has 0 radical (unpaired) electrons. The summed E-state index contributed by atoms with van der Waals surface area (Å²) >= 11 is 0. The molecule has 0 atom stereocenters. The second kappa shape index (κ2) is 7.83. The first-order valence-electron chi connectivity index (χ1n) is 8.70. The maximum atomic E-state index is 12.3. The van der Waals surface area contributed by atoms with Gasteiger partial charge in [-0.2, -0.15) is 0 Å². The van der Waals surface area contributed by atoms with Crippen LogP contribution in [0, 0.1) is 5.92 Å². The van der Waals surface area contributed by atoms with E-state index >= 15 is 0 Å². The van der Waals surface area contributed by atoms with Crippen molar-refractivity contribution in [2.75, 3.05) is 10.6 Å². The Morgan fingerprint density at radius 2 is 1.42 bits per heavy atom. The van der Waals surface area contributed by atoms with Gasteiger partial charge < -0.3 is 10.6 Å². The van der Waals surface area contributed by atoms with Crippen LogP contribution >= 0.6 is 0 Å². The fourth-order valence-electron chi connectivity index (χ4n) is 2.66. The molecule has 26 heavy (non-hydrogen) atoms. The van der Waals surface area contributed by atoms with Crippen LogP contribution in [0.3, 0.4) is 0 Å². The molecular formula is C22H22N2O2. The number of anilines is 2. The topological polar surface area (TPSA) is 58.2 Å². The largest absolute Gasteiger partial charge is 0.326 e. The SMILES string of the molecule is CC(C)C(=O)Nc1ccc(NC(=O)Cc2ccc3ccccc3c2)cc1. The molecule has 3 rings (SSSR count). The van der Waals surface area contributed by atoms with Gasteiger partial charge >= 0.3 is 0 Å². The van der Waals surface area contributed by atoms with Gasteiger partial charge in [0.15, 0.2) is 0 Å². The molecular weight excluding hydrogens is 324 g/mol. The minimum Gasteiger partial charge on any atom is -0.326 e. The van der Waals surface area contributed by atoms with Crippen LogP contribution in [0.4, 0.5) is 11.4 Å². The molecule has 0 heterocycles. The Hall–Kier alpha value is -3.14. The normalized spacial score (nSPS) is 10.7. The van der Waals surface area contributed by atoms with Gasteiger partial charge in [-0.1, -0.05) is 56.3 Å². The molecule has 3 aromatic rings. The zero-order valence-corrected chi connectivity index (χ0v) is 15.0. The Morgan fingerprint density at radius 3 is 2.08 bits per heavy atom. The zero-order chi connectivity index (χ0) is 18.5. The second-order valence-electron chi connectivity index (χ2n) is 6.63. The first-order chi connectivity index (χ1) is 12.5. The Morgan fingerprint density at radius 1 is 0.808 bits per heavy atom. The summed E-state index contributed by atoms with van der Waals surface area (Å²) in [6.07, 6.45) is 0.316. The molecule has 2 N–H and O–H groups in total. The van der Waals surface area contributed by atoms with E-state index in [-0.39, 0.29) is 17.7 Å². The summed E-state index contributed by atoms with van der Waals surface area (Å²) < 4.78 is 0. The molecule has 0 unspecified atom stereocenters. The van der Waals surface area contributed by atoms with Crippen molar-refractivity contribution >= 4 is 34.0 Å². The quantitative estimate of drug-likeness (QED) is 0.708. The molecule has 4 heteroatoms. The predicted molar refractivity (Wildman–Crippen MR) is 106 cm³/mol. The van der Waals surface area contributed by atoms with E-state index in [0.717, 1.165) is 22.0 Å². The van der Waals surface area contributed by atoms with Gasteiger partial charge in [-0.3, -0.25) is 9.59 Å². The Kier molecular flexibility index (Phi) is 5.32. The molecule has 0 aliphatic rings. The molecule has 0 saturated carbocycles. The molecule has 2 amide bonds. The molecule has 0 saturated heterocycles. The number of amides is 2. The highest BCUT2D eigenvalue weighted by Gasteiger charge is 2.08. The summed E-state index contributed by atoms with van der Waals surface area (Å²) in [4.78, 5) is 24.0. The first-order valence-corrected chi connectivity index (χ1v) is 8.70. The Balaban J connectivity index is 1.61.